The van der Waals surface area contributed by atoms with E-state index in [2.05, 4.69) is 4.90 Å². The van der Waals surface area contributed by atoms with Gasteiger partial charge in [0, 0.05) is 31.9 Å². The molecule has 1 aromatic rings. The van der Waals surface area contributed by atoms with Crippen LogP contribution >= 0.6 is 0 Å². The maximum Gasteiger partial charge on any atom is 0.409 e. The van der Waals surface area contributed by atoms with Gasteiger partial charge >= 0.3 is 6.09 Å². The fraction of sp³-hybridized carbons (Fsp3) is 0.429. The third-order valence-electron chi connectivity index (χ3n) is 3.33. The number of rotatable bonds is 2. The summed E-state index contributed by atoms with van der Waals surface area (Å²) in [4.78, 5) is 15.5. The van der Waals surface area contributed by atoms with Crippen LogP contribution in [-0.4, -0.2) is 43.8 Å². The number of anilines is 2. The molecule has 6 heteroatoms. The van der Waals surface area contributed by atoms with Gasteiger partial charge in [-0.15, -0.1) is 0 Å². The van der Waals surface area contributed by atoms with Gasteiger partial charge in [-0.25, -0.2) is 4.79 Å². The number of amides is 1. The fourth-order valence-corrected chi connectivity index (χ4v) is 2.21. The molecule has 1 aliphatic heterocycles. The van der Waals surface area contributed by atoms with Crippen molar-refractivity contribution < 1.29 is 9.53 Å². The highest BCUT2D eigenvalue weighted by Crippen LogP contribution is 2.22. The first-order valence-electron chi connectivity index (χ1n) is 6.62. The molecule has 0 atom stereocenters. The van der Waals surface area contributed by atoms with Gasteiger partial charge in [0.2, 0.25) is 0 Å². The third kappa shape index (κ3) is 2.94. The van der Waals surface area contributed by atoms with Crippen LogP contribution in [0.1, 0.15) is 12.5 Å². The van der Waals surface area contributed by atoms with Gasteiger partial charge in [0.1, 0.15) is 6.07 Å². The molecule has 0 saturated carbocycles. The van der Waals surface area contributed by atoms with E-state index >= 15 is 0 Å². The second-order valence-corrected chi connectivity index (χ2v) is 4.56. The highest BCUT2D eigenvalue weighted by atomic mass is 16.6. The van der Waals surface area contributed by atoms with Gasteiger partial charge in [-0.2, -0.15) is 5.26 Å². The molecule has 0 radical (unpaired) electrons. The summed E-state index contributed by atoms with van der Waals surface area (Å²) in [5.41, 5.74) is 7.77. The van der Waals surface area contributed by atoms with Gasteiger partial charge in [0.25, 0.3) is 0 Å². The molecule has 0 aliphatic carbocycles. The van der Waals surface area contributed by atoms with E-state index < -0.39 is 0 Å². The molecule has 1 fully saturated rings. The van der Waals surface area contributed by atoms with E-state index in [0.29, 0.717) is 30.9 Å². The van der Waals surface area contributed by atoms with Crippen LogP contribution in [0.3, 0.4) is 0 Å². The summed E-state index contributed by atoms with van der Waals surface area (Å²) >= 11 is 0. The number of benzene rings is 1. The molecular formula is C14H18N4O2. The Morgan fingerprint density at radius 1 is 1.40 bits per heavy atom. The van der Waals surface area contributed by atoms with Crippen molar-refractivity contribution in [2.45, 2.75) is 6.92 Å². The van der Waals surface area contributed by atoms with Gasteiger partial charge in [0.15, 0.2) is 0 Å². The summed E-state index contributed by atoms with van der Waals surface area (Å²) in [6.45, 7) is 4.89. The number of hydrogen-bond donors (Lipinski definition) is 1. The van der Waals surface area contributed by atoms with Gasteiger partial charge in [-0.3, -0.25) is 0 Å². The van der Waals surface area contributed by atoms with Crippen LogP contribution in [0.2, 0.25) is 0 Å². The lowest BCUT2D eigenvalue weighted by Crippen LogP contribution is -2.49. The van der Waals surface area contributed by atoms with Crippen molar-refractivity contribution >= 4 is 17.5 Å². The van der Waals surface area contributed by atoms with Crippen LogP contribution < -0.4 is 10.6 Å². The van der Waals surface area contributed by atoms with Crippen molar-refractivity contribution in [3.63, 3.8) is 0 Å². The maximum absolute atomic E-state index is 11.6. The van der Waals surface area contributed by atoms with Gasteiger partial charge in [-0.1, -0.05) is 0 Å². The van der Waals surface area contributed by atoms with Crippen LogP contribution in [0.25, 0.3) is 0 Å². The smallest absolute Gasteiger partial charge is 0.409 e. The summed E-state index contributed by atoms with van der Waals surface area (Å²) in [5, 5.41) is 8.86. The van der Waals surface area contributed by atoms with E-state index in [0.717, 1.165) is 18.8 Å². The van der Waals surface area contributed by atoms with Crippen LogP contribution in [0, 0.1) is 11.3 Å². The Morgan fingerprint density at radius 2 is 2.10 bits per heavy atom. The molecule has 1 amide bonds. The van der Waals surface area contributed by atoms with Crippen LogP contribution in [0.5, 0.6) is 0 Å². The Kier molecular flexibility index (Phi) is 4.31. The van der Waals surface area contributed by atoms with Crippen LogP contribution in [-0.2, 0) is 4.74 Å². The van der Waals surface area contributed by atoms with E-state index in [1.165, 1.54) is 0 Å². The molecule has 1 saturated heterocycles. The third-order valence-corrected chi connectivity index (χ3v) is 3.33. The van der Waals surface area contributed by atoms with E-state index in [1.807, 2.05) is 12.1 Å². The van der Waals surface area contributed by atoms with Crippen LogP contribution in [0.4, 0.5) is 16.2 Å². The van der Waals surface area contributed by atoms with Crippen molar-refractivity contribution in [2.75, 3.05) is 43.4 Å². The monoisotopic (exact) mass is 274 g/mol. The Labute approximate surface area is 118 Å². The van der Waals surface area contributed by atoms with Crippen molar-refractivity contribution in [2.24, 2.45) is 0 Å². The zero-order chi connectivity index (χ0) is 14.5. The molecule has 1 aromatic carbocycles. The lowest BCUT2D eigenvalue weighted by atomic mass is 10.1. The summed E-state index contributed by atoms with van der Waals surface area (Å²) in [6, 6.07) is 7.46. The molecule has 0 unspecified atom stereocenters. The van der Waals surface area contributed by atoms with Gasteiger partial charge < -0.3 is 20.3 Å². The summed E-state index contributed by atoms with van der Waals surface area (Å²) in [6.07, 6.45) is -0.258. The number of hydrogen-bond acceptors (Lipinski definition) is 5. The maximum atomic E-state index is 11.6. The SMILES string of the molecule is CCOC(=O)N1CCN(c2ccc(C#N)c(N)c2)CC1. The average Bonchev–Trinajstić information content (AvgIpc) is 2.47. The first-order valence-corrected chi connectivity index (χ1v) is 6.62. The van der Waals surface area contributed by atoms with Crippen molar-refractivity contribution in [1.82, 2.24) is 4.90 Å². The Morgan fingerprint density at radius 3 is 2.65 bits per heavy atom. The van der Waals surface area contributed by atoms with E-state index in [-0.39, 0.29) is 6.09 Å². The quantitative estimate of drug-likeness (QED) is 0.825. The number of nitrogens with zero attached hydrogens (tertiary/aromatic N) is 3. The molecule has 1 aliphatic rings. The van der Waals surface area contributed by atoms with E-state index in [4.69, 9.17) is 15.7 Å². The molecule has 106 valence electrons. The predicted molar refractivity (Wildman–Crippen MR) is 76.4 cm³/mol. The Balaban J connectivity index is 1.99. The normalized spacial score (nSPS) is 14.8. The molecule has 0 bridgehead atoms. The number of carbonyl (C=O) groups excluding carboxylic acids is 1. The minimum atomic E-state index is -0.258. The fourth-order valence-electron chi connectivity index (χ4n) is 2.21. The van der Waals surface area contributed by atoms with Gasteiger partial charge in [-0.05, 0) is 25.1 Å². The molecule has 1 heterocycles. The molecule has 20 heavy (non-hydrogen) atoms. The number of piperazine rings is 1. The average molecular weight is 274 g/mol. The second-order valence-electron chi connectivity index (χ2n) is 4.56. The second kappa shape index (κ2) is 6.15. The number of ether oxygens (including phenoxy) is 1. The zero-order valence-corrected chi connectivity index (χ0v) is 11.5. The largest absolute Gasteiger partial charge is 0.450 e. The standard InChI is InChI=1S/C14H18N4O2/c1-2-20-14(19)18-7-5-17(6-8-18)12-4-3-11(10-15)13(16)9-12/h3-4,9H,2,5-8,16H2,1H3. The molecule has 2 N–H and O–H groups in total. The van der Waals surface area contributed by atoms with Crippen molar-refractivity contribution in [1.29, 1.82) is 5.26 Å². The molecule has 0 aromatic heterocycles. The molecule has 0 spiro atoms. The number of nitriles is 1. The predicted octanol–water partition coefficient (Wildman–Crippen LogP) is 1.42. The van der Waals surface area contributed by atoms with Crippen LogP contribution in [0.15, 0.2) is 18.2 Å². The Hall–Kier alpha value is -2.42. The van der Waals surface area contributed by atoms with Crippen molar-refractivity contribution in [3.05, 3.63) is 23.8 Å². The number of nitrogens with two attached hydrogens (primary N) is 1. The van der Waals surface area contributed by atoms with E-state index in [9.17, 15) is 4.79 Å². The lowest BCUT2D eigenvalue weighted by Gasteiger charge is -2.35. The van der Waals surface area contributed by atoms with Gasteiger partial charge in [0.05, 0.1) is 17.9 Å². The highest BCUT2D eigenvalue weighted by Gasteiger charge is 2.22. The molecular weight excluding hydrogens is 256 g/mol. The zero-order valence-electron chi connectivity index (χ0n) is 11.5. The minimum absolute atomic E-state index is 0.258. The summed E-state index contributed by atoms with van der Waals surface area (Å²) < 4.78 is 4.98. The topological polar surface area (TPSA) is 82.6 Å². The summed E-state index contributed by atoms with van der Waals surface area (Å²) in [7, 11) is 0. The summed E-state index contributed by atoms with van der Waals surface area (Å²) in [5.74, 6) is 0. The number of nitrogen functional groups attached to an aromatic ring is 1. The van der Waals surface area contributed by atoms with Crippen molar-refractivity contribution in [3.8, 4) is 6.07 Å². The minimum Gasteiger partial charge on any atom is -0.450 e. The first-order chi connectivity index (χ1) is 9.65. The highest BCUT2D eigenvalue weighted by molar-refractivity contribution is 5.68. The first kappa shape index (κ1) is 14.0. The molecule has 6 nitrogen and oxygen atoms in total. The Bertz CT molecular complexity index is 530. The van der Waals surface area contributed by atoms with E-state index in [1.54, 1.807) is 24.0 Å². The molecule has 2 rings (SSSR count). The lowest BCUT2D eigenvalue weighted by molar-refractivity contribution is 0.105. The number of carbonyl (C=O) groups is 1.